The van der Waals surface area contributed by atoms with Crippen LogP contribution in [-0.2, 0) is 26.9 Å². The largest absolute Gasteiger partial charge is 0.462 e. The predicted molar refractivity (Wildman–Crippen MR) is 113 cm³/mol. The normalized spacial score (nSPS) is 11.6. The molecule has 5 nitrogen and oxygen atoms in total. The van der Waals surface area contributed by atoms with Crippen LogP contribution in [-0.4, -0.2) is 18.5 Å². The van der Waals surface area contributed by atoms with Crippen molar-refractivity contribution in [2.24, 2.45) is 0 Å². The highest BCUT2D eigenvalue weighted by atomic mass is 19.4. The fourth-order valence-electron chi connectivity index (χ4n) is 3.18. The highest BCUT2D eigenvalue weighted by Crippen LogP contribution is 2.45. The van der Waals surface area contributed by atoms with Crippen molar-refractivity contribution in [1.29, 1.82) is 0 Å². The number of hydrogen-bond donors (Lipinski definition) is 0. The second-order valence-electron chi connectivity index (χ2n) is 7.52. The number of halogens is 4. The summed E-state index contributed by atoms with van der Waals surface area (Å²) in [5.41, 5.74) is -1.98. The molecule has 2 aromatic carbocycles. The highest BCUT2D eigenvalue weighted by Gasteiger charge is 2.39. The Labute approximate surface area is 186 Å². The monoisotopic (exact) mass is 464 g/mol. The zero-order chi connectivity index (χ0) is 24.5. The van der Waals surface area contributed by atoms with Crippen molar-refractivity contribution >= 4 is 33.9 Å². The minimum Gasteiger partial charge on any atom is -0.462 e. The first-order chi connectivity index (χ1) is 15.4. The van der Waals surface area contributed by atoms with Gasteiger partial charge in [-0.15, -0.1) is 0 Å². The van der Waals surface area contributed by atoms with Gasteiger partial charge in [0.1, 0.15) is 11.3 Å². The van der Waals surface area contributed by atoms with Gasteiger partial charge in [-0.05, 0) is 50.5 Å². The zero-order valence-corrected chi connectivity index (χ0v) is 17.9. The molecule has 0 spiro atoms. The molecule has 174 valence electrons. The Hall–Kier alpha value is -3.62. The molecule has 0 N–H and O–H groups in total. The number of carbonyl (C=O) groups is 2. The Bertz CT molecular complexity index is 1280. The topological polar surface area (TPSA) is 65.7 Å². The van der Waals surface area contributed by atoms with Crippen molar-refractivity contribution in [1.82, 2.24) is 0 Å². The lowest BCUT2D eigenvalue weighted by atomic mass is 10.0. The Morgan fingerprint density at radius 3 is 2.18 bits per heavy atom. The zero-order valence-electron chi connectivity index (χ0n) is 17.9. The van der Waals surface area contributed by atoms with Crippen LogP contribution in [0.4, 0.5) is 17.6 Å². The first kappa shape index (κ1) is 24.0. The number of esters is 2. The van der Waals surface area contributed by atoms with E-state index < -0.39 is 40.8 Å². The molecule has 0 aliphatic heterocycles. The molecule has 33 heavy (non-hydrogen) atoms. The predicted octanol–water partition coefficient (Wildman–Crippen LogP) is 6.28. The van der Waals surface area contributed by atoms with Gasteiger partial charge >= 0.3 is 18.1 Å². The minimum atomic E-state index is -4.94. The molecule has 0 aliphatic carbocycles. The van der Waals surface area contributed by atoms with Gasteiger partial charge in [0, 0.05) is 21.9 Å². The molecule has 9 heteroatoms. The number of aryl methyl sites for hydroxylation is 1. The van der Waals surface area contributed by atoms with E-state index in [1.165, 1.54) is 32.0 Å². The lowest BCUT2D eigenvalue weighted by molar-refractivity contribution is -0.141. The summed E-state index contributed by atoms with van der Waals surface area (Å²) < 4.78 is 71.8. The van der Waals surface area contributed by atoms with E-state index in [0.717, 1.165) is 6.07 Å². The molecule has 0 amide bonds. The summed E-state index contributed by atoms with van der Waals surface area (Å²) >= 11 is 0. The summed E-state index contributed by atoms with van der Waals surface area (Å²) in [5, 5.41) is 0.163. The van der Waals surface area contributed by atoms with Crippen molar-refractivity contribution in [2.45, 2.75) is 32.9 Å². The molecule has 0 unspecified atom stereocenters. The lowest BCUT2D eigenvalue weighted by Gasteiger charge is -2.13. The van der Waals surface area contributed by atoms with Crippen molar-refractivity contribution in [3.63, 3.8) is 0 Å². The molecule has 3 aromatic rings. The number of ether oxygens (including phenoxy) is 2. The molecular formula is C24H20F4O5. The molecule has 1 heterocycles. The lowest BCUT2D eigenvalue weighted by Crippen LogP contribution is -2.14. The van der Waals surface area contributed by atoms with Crippen LogP contribution in [0.15, 0.2) is 53.0 Å². The summed E-state index contributed by atoms with van der Waals surface area (Å²) in [6.07, 6.45) is -4.49. The molecule has 0 atom stereocenters. The average Bonchev–Trinajstić information content (AvgIpc) is 3.10. The number of alkyl halides is 3. The van der Waals surface area contributed by atoms with E-state index >= 15 is 4.39 Å². The van der Waals surface area contributed by atoms with E-state index in [4.69, 9.17) is 13.9 Å². The Morgan fingerprint density at radius 1 is 0.970 bits per heavy atom. The Balaban J connectivity index is 2.01. The molecule has 0 aliphatic rings. The van der Waals surface area contributed by atoms with Crippen LogP contribution in [0.2, 0.25) is 0 Å². The van der Waals surface area contributed by atoms with Gasteiger partial charge in [-0.25, -0.2) is 14.0 Å². The van der Waals surface area contributed by atoms with Crippen LogP contribution in [0.25, 0.3) is 21.9 Å². The van der Waals surface area contributed by atoms with Gasteiger partial charge in [0.25, 0.3) is 0 Å². The van der Waals surface area contributed by atoms with Crippen LogP contribution in [0.1, 0.15) is 31.4 Å². The van der Waals surface area contributed by atoms with Crippen LogP contribution >= 0.6 is 0 Å². The van der Waals surface area contributed by atoms with Crippen LogP contribution in [0, 0.1) is 5.82 Å². The maximum atomic E-state index is 15.1. The quantitative estimate of drug-likeness (QED) is 0.135. The molecule has 3 rings (SSSR count). The summed E-state index contributed by atoms with van der Waals surface area (Å²) in [4.78, 5) is 23.2. The van der Waals surface area contributed by atoms with Gasteiger partial charge < -0.3 is 13.9 Å². The van der Waals surface area contributed by atoms with Crippen LogP contribution < -0.4 is 4.74 Å². The number of rotatable bonds is 7. The van der Waals surface area contributed by atoms with E-state index in [9.17, 15) is 22.8 Å². The van der Waals surface area contributed by atoms with Crippen molar-refractivity contribution < 1.29 is 41.0 Å². The molecule has 0 fully saturated rings. The third kappa shape index (κ3) is 4.92. The minimum absolute atomic E-state index is 0.0216. The summed E-state index contributed by atoms with van der Waals surface area (Å²) in [7, 11) is 0. The van der Waals surface area contributed by atoms with Crippen molar-refractivity contribution in [3.8, 4) is 5.75 Å². The van der Waals surface area contributed by atoms with E-state index in [0.29, 0.717) is 0 Å². The van der Waals surface area contributed by atoms with E-state index in [-0.39, 0.29) is 52.5 Å². The van der Waals surface area contributed by atoms with Crippen LogP contribution in [0.3, 0.4) is 0 Å². The third-order valence-electron chi connectivity index (χ3n) is 4.80. The maximum absolute atomic E-state index is 15.1. The molecule has 0 bridgehead atoms. The summed E-state index contributed by atoms with van der Waals surface area (Å²) in [6, 6.07) is 5.16. The van der Waals surface area contributed by atoms with Gasteiger partial charge in [-0.2, -0.15) is 13.2 Å². The maximum Gasteiger partial charge on any atom is 0.423 e. The molecular weight excluding hydrogens is 444 g/mol. The third-order valence-corrected chi connectivity index (χ3v) is 4.80. The second-order valence-corrected chi connectivity index (χ2v) is 7.52. The SMILES string of the molecule is C=C(C)C(=O)OCCCc1ccc2c(oc3c(C(F)(F)F)c(OC(=O)C(=C)C)ccc32)c1F. The average molecular weight is 464 g/mol. The van der Waals surface area contributed by atoms with Gasteiger partial charge in [-0.1, -0.05) is 19.2 Å². The van der Waals surface area contributed by atoms with Gasteiger partial charge in [0.2, 0.25) is 0 Å². The number of furan rings is 1. The Morgan fingerprint density at radius 2 is 1.58 bits per heavy atom. The number of hydrogen-bond acceptors (Lipinski definition) is 5. The standard InChI is InChI=1S/C24H20F4O5/c1-12(2)22(29)31-11-5-6-14-7-8-16-15-9-10-17(32-23(30)13(3)4)18(24(26,27)28)20(15)33-21(16)19(14)25/h7-10H,1,3,5-6,11H2,2,4H3. The molecule has 0 radical (unpaired) electrons. The smallest absolute Gasteiger partial charge is 0.423 e. The van der Waals surface area contributed by atoms with Gasteiger partial charge in [0.05, 0.1) is 6.61 Å². The first-order valence-electron chi connectivity index (χ1n) is 9.86. The van der Waals surface area contributed by atoms with Gasteiger partial charge in [0.15, 0.2) is 17.0 Å². The Kier molecular flexibility index (Phi) is 6.62. The fraction of sp³-hybridized carbons (Fsp3) is 0.250. The van der Waals surface area contributed by atoms with E-state index in [1.807, 2.05) is 0 Å². The van der Waals surface area contributed by atoms with Crippen molar-refractivity contribution in [2.75, 3.05) is 6.61 Å². The highest BCUT2D eigenvalue weighted by molar-refractivity contribution is 6.07. The van der Waals surface area contributed by atoms with Crippen LogP contribution in [0.5, 0.6) is 5.75 Å². The van der Waals surface area contributed by atoms with E-state index in [1.54, 1.807) is 0 Å². The number of fused-ring (bicyclic) bond motifs is 3. The number of benzene rings is 2. The molecule has 0 saturated carbocycles. The summed E-state index contributed by atoms with van der Waals surface area (Å²) in [5.74, 6) is -3.17. The van der Waals surface area contributed by atoms with Gasteiger partial charge in [-0.3, -0.25) is 0 Å². The van der Waals surface area contributed by atoms with E-state index in [2.05, 4.69) is 13.2 Å². The van der Waals surface area contributed by atoms with Crippen molar-refractivity contribution in [3.05, 3.63) is 65.5 Å². The number of carbonyl (C=O) groups excluding carboxylic acids is 2. The second kappa shape index (κ2) is 9.09. The fourth-order valence-corrected chi connectivity index (χ4v) is 3.18. The molecule has 1 aromatic heterocycles. The molecule has 0 saturated heterocycles. The first-order valence-corrected chi connectivity index (χ1v) is 9.86. The summed E-state index contributed by atoms with van der Waals surface area (Å²) in [6.45, 7) is 9.63.